The summed E-state index contributed by atoms with van der Waals surface area (Å²) >= 11 is 5.91. The first-order chi connectivity index (χ1) is 11.0. The molecule has 0 aliphatic carbocycles. The molecule has 118 valence electrons. The number of benzene rings is 1. The van der Waals surface area contributed by atoms with E-state index in [0.29, 0.717) is 16.9 Å². The van der Waals surface area contributed by atoms with Gasteiger partial charge in [0.05, 0.1) is 5.41 Å². The quantitative estimate of drug-likeness (QED) is 0.649. The highest BCUT2D eigenvalue weighted by molar-refractivity contribution is 6.29. The third-order valence-electron chi connectivity index (χ3n) is 4.39. The average Bonchev–Trinajstić information content (AvgIpc) is 3.06. The van der Waals surface area contributed by atoms with Crippen LogP contribution >= 0.6 is 11.6 Å². The maximum absolute atomic E-state index is 5.91. The summed E-state index contributed by atoms with van der Waals surface area (Å²) in [6, 6.07) is 13.5. The van der Waals surface area contributed by atoms with Crippen LogP contribution in [0.5, 0.6) is 0 Å². The Labute approximate surface area is 140 Å². The molecule has 2 aromatic heterocycles. The van der Waals surface area contributed by atoms with Gasteiger partial charge in [-0.15, -0.1) is 0 Å². The van der Waals surface area contributed by atoms with Crippen LogP contribution in [0.4, 0.5) is 0 Å². The van der Waals surface area contributed by atoms with Crippen LogP contribution < -0.4 is 0 Å². The maximum atomic E-state index is 5.91. The fourth-order valence-corrected chi connectivity index (χ4v) is 2.65. The normalized spacial score (nSPS) is 14.0. The Morgan fingerprint density at radius 3 is 2.43 bits per heavy atom. The molecule has 0 spiro atoms. The molecule has 0 bridgehead atoms. The van der Waals surface area contributed by atoms with E-state index in [4.69, 9.17) is 16.1 Å². The lowest BCUT2D eigenvalue weighted by Crippen LogP contribution is -2.31. The predicted molar refractivity (Wildman–Crippen MR) is 90.3 cm³/mol. The van der Waals surface area contributed by atoms with E-state index in [1.165, 1.54) is 0 Å². The van der Waals surface area contributed by atoms with Crippen molar-refractivity contribution in [1.29, 1.82) is 0 Å². The zero-order valence-corrected chi connectivity index (χ0v) is 14.1. The Hall–Kier alpha value is -2.20. The minimum atomic E-state index is -0.409. The van der Waals surface area contributed by atoms with Gasteiger partial charge in [0, 0.05) is 11.8 Å². The van der Waals surface area contributed by atoms with Gasteiger partial charge in [0.2, 0.25) is 0 Å². The lowest BCUT2D eigenvalue weighted by molar-refractivity contribution is 0.350. The van der Waals surface area contributed by atoms with E-state index in [0.717, 1.165) is 11.1 Å². The summed E-state index contributed by atoms with van der Waals surface area (Å²) in [7, 11) is 0. The van der Waals surface area contributed by atoms with E-state index in [9.17, 15) is 0 Å². The zero-order chi connectivity index (χ0) is 16.4. The number of hydrogen-bond acceptors (Lipinski definition) is 4. The van der Waals surface area contributed by atoms with E-state index >= 15 is 0 Å². The Balaban J connectivity index is 2.06. The molecule has 3 rings (SSSR count). The molecule has 0 saturated carbocycles. The van der Waals surface area contributed by atoms with Crippen LogP contribution in [0.25, 0.3) is 11.5 Å². The third-order valence-corrected chi connectivity index (χ3v) is 4.62. The highest BCUT2D eigenvalue weighted by Crippen LogP contribution is 2.38. The van der Waals surface area contributed by atoms with Gasteiger partial charge in [0.1, 0.15) is 5.15 Å². The van der Waals surface area contributed by atoms with E-state index in [-0.39, 0.29) is 5.92 Å². The second-order valence-corrected chi connectivity index (χ2v) is 6.40. The molecule has 0 amide bonds. The average molecular weight is 328 g/mol. The van der Waals surface area contributed by atoms with Gasteiger partial charge >= 0.3 is 0 Å². The predicted octanol–water partition coefficient (Wildman–Crippen LogP) is 4.75. The molecule has 3 aromatic rings. The zero-order valence-electron chi connectivity index (χ0n) is 13.3. The molecule has 0 fully saturated rings. The van der Waals surface area contributed by atoms with Crippen LogP contribution in [0.2, 0.25) is 5.15 Å². The summed E-state index contributed by atoms with van der Waals surface area (Å²) in [6.07, 6.45) is 1.78. The topological polar surface area (TPSA) is 51.8 Å². The van der Waals surface area contributed by atoms with E-state index in [1.807, 2.05) is 36.4 Å². The molecule has 1 unspecified atom stereocenters. The Morgan fingerprint density at radius 2 is 1.83 bits per heavy atom. The first-order valence-electron chi connectivity index (χ1n) is 7.53. The van der Waals surface area contributed by atoms with Crippen molar-refractivity contribution < 1.29 is 4.52 Å². The van der Waals surface area contributed by atoms with Crippen molar-refractivity contribution in [3.63, 3.8) is 0 Å². The summed E-state index contributed by atoms with van der Waals surface area (Å²) in [5, 5.41) is 4.71. The standard InChI is InChI=1S/C18H18ClN3O/c1-12(2)18(3,14-9-10-15(19)20-11-14)17-21-16(23-22-17)13-7-5-4-6-8-13/h4-12H,1-3H3. The van der Waals surface area contributed by atoms with Crippen molar-refractivity contribution >= 4 is 11.6 Å². The van der Waals surface area contributed by atoms with Crippen LogP contribution in [-0.2, 0) is 5.41 Å². The van der Waals surface area contributed by atoms with E-state index in [2.05, 4.69) is 35.9 Å². The molecule has 0 saturated heterocycles. The summed E-state index contributed by atoms with van der Waals surface area (Å²) in [4.78, 5) is 8.83. The molecule has 4 nitrogen and oxygen atoms in total. The smallest absolute Gasteiger partial charge is 0.257 e. The lowest BCUT2D eigenvalue weighted by Gasteiger charge is -2.30. The van der Waals surface area contributed by atoms with Crippen LogP contribution in [-0.4, -0.2) is 15.1 Å². The maximum Gasteiger partial charge on any atom is 0.257 e. The van der Waals surface area contributed by atoms with E-state index in [1.54, 1.807) is 12.3 Å². The summed E-state index contributed by atoms with van der Waals surface area (Å²) in [5.41, 5.74) is 1.51. The van der Waals surface area contributed by atoms with Gasteiger partial charge < -0.3 is 4.52 Å². The summed E-state index contributed by atoms with van der Waals surface area (Å²) in [5.74, 6) is 1.43. The highest BCUT2D eigenvalue weighted by atomic mass is 35.5. The highest BCUT2D eigenvalue weighted by Gasteiger charge is 2.37. The minimum absolute atomic E-state index is 0.256. The Kier molecular flexibility index (Phi) is 4.18. The minimum Gasteiger partial charge on any atom is -0.334 e. The molecule has 1 aromatic carbocycles. The van der Waals surface area contributed by atoms with Crippen molar-refractivity contribution in [2.75, 3.05) is 0 Å². The van der Waals surface area contributed by atoms with Crippen molar-refractivity contribution in [1.82, 2.24) is 15.1 Å². The number of aromatic nitrogens is 3. The van der Waals surface area contributed by atoms with Crippen LogP contribution in [0.3, 0.4) is 0 Å². The number of pyridine rings is 1. The van der Waals surface area contributed by atoms with Gasteiger partial charge in [-0.3, -0.25) is 0 Å². The molecular formula is C18H18ClN3O. The molecule has 5 heteroatoms. The molecular weight excluding hydrogens is 310 g/mol. The fourth-order valence-electron chi connectivity index (χ4n) is 2.54. The number of hydrogen-bond donors (Lipinski definition) is 0. The van der Waals surface area contributed by atoms with E-state index < -0.39 is 5.41 Å². The van der Waals surface area contributed by atoms with Gasteiger partial charge in [0.15, 0.2) is 5.82 Å². The first-order valence-corrected chi connectivity index (χ1v) is 7.91. The molecule has 1 atom stereocenters. The van der Waals surface area contributed by atoms with Crippen molar-refractivity contribution in [2.45, 2.75) is 26.2 Å². The van der Waals surface area contributed by atoms with Crippen LogP contribution in [0.1, 0.15) is 32.2 Å². The van der Waals surface area contributed by atoms with Crippen molar-refractivity contribution in [3.8, 4) is 11.5 Å². The molecule has 0 aliphatic rings. The molecule has 23 heavy (non-hydrogen) atoms. The van der Waals surface area contributed by atoms with Gasteiger partial charge in [-0.25, -0.2) is 4.98 Å². The number of halogens is 1. The van der Waals surface area contributed by atoms with Gasteiger partial charge in [-0.2, -0.15) is 4.98 Å². The molecule has 2 heterocycles. The van der Waals surface area contributed by atoms with Gasteiger partial charge in [-0.05, 0) is 36.6 Å². The largest absolute Gasteiger partial charge is 0.334 e. The Bertz CT molecular complexity index is 784. The van der Waals surface area contributed by atoms with Crippen LogP contribution in [0.15, 0.2) is 53.2 Å². The van der Waals surface area contributed by atoms with Crippen molar-refractivity contribution in [3.05, 3.63) is 65.2 Å². The van der Waals surface area contributed by atoms with Crippen LogP contribution in [0, 0.1) is 5.92 Å². The Morgan fingerprint density at radius 1 is 1.09 bits per heavy atom. The SMILES string of the molecule is CC(C)C(C)(c1ccc(Cl)nc1)c1noc(-c2ccccc2)n1. The number of nitrogens with zero attached hydrogens (tertiary/aromatic N) is 3. The first kappa shape index (κ1) is 15.7. The third kappa shape index (κ3) is 2.86. The monoisotopic (exact) mass is 327 g/mol. The summed E-state index contributed by atoms with van der Waals surface area (Å²) in [6.45, 7) is 6.36. The van der Waals surface area contributed by atoms with Gasteiger partial charge in [0.25, 0.3) is 5.89 Å². The second kappa shape index (κ2) is 6.13. The summed E-state index contributed by atoms with van der Waals surface area (Å²) < 4.78 is 5.48. The second-order valence-electron chi connectivity index (χ2n) is 6.02. The molecule has 0 radical (unpaired) electrons. The van der Waals surface area contributed by atoms with Gasteiger partial charge in [-0.1, -0.05) is 54.9 Å². The van der Waals surface area contributed by atoms with Crippen molar-refractivity contribution in [2.24, 2.45) is 5.92 Å². The molecule has 0 aliphatic heterocycles. The number of rotatable bonds is 4. The fraction of sp³-hybridized carbons (Fsp3) is 0.278. The molecule has 0 N–H and O–H groups in total. The lowest BCUT2D eigenvalue weighted by atomic mass is 9.73.